The molecule has 0 aromatic heterocycles. The molecule has 3 aromatic rings. The van der Waals surface area contributed by atoms with Gasteiger partial charge in [0.15, 0.2) is 17.3 Å². The normalized spacial score (nSPS) is 12.8. The smallest absolute Gasteiger partial charge is 0.170 e. The minimum Gasteiger partial charge on any atom is -0.453 e. The fourth-order valence-corrected chi connectivity index (χ4v) is 2.84. The standard InChI is InChI=1S/C21H16O3/c22-19-12-11-15-13-20(23-16-7-3-1-4-8-16)21(14-18(15)19)24-17-9-5-2-6-10-17/h1-10,13-14H,11-12H2. The summed E-state index contributed by atoms with van der Waals surface area (Å²) in [6.07, 6.45) is 1.31. The number of rotatable bonds is 4. The van der Waals surface area contributed by atoms with E-state index in [0.29, 0.717) is 23.7 Å². The molecule has 0 atom stereocenters. The Balaban J connectivity index is 1.74. The summed E-state index contributed by atoms with van der Waals surface area (Å²) >= 11 is 0. The Labute approximate surface area is 140 Å². The Morgan fingerprint density at radius 2 is 1.21 bits per heavy atom. The van der Waals surface area contributed by atoms with E-state index in [-0.39, 0.29) is 5.78 Å². The third kappa shape index (κ3) is 2.88. The first kappa shape index (κ1) is 14.5. The van der Waals surface area contributed by atoms with Gasteiger partial charge < -0.3 is 9.47 Å². The van der Waals surface area contributed by atoms with Crippen LogP contribution in [0.3, 0.4) is 0 Å². The largest absolute Gasteiger partial charge is 0.453 e. The average molecular weight is 316 g/mol. The van der Waals surface area contributed by atoms with Crippen molar-refractivity contribution in [2.24, 2.45) is 0 Å². The van der Waals surface area contributed by atoms with Crippen molar-refractivity contribution in [2.45, 2.75) is 12.8 Å². The van der Waals surface area contributed by atoms with Crippen LogP contribution in [0.1, 0.15) is 22.3 Å². The van der Waals surface area contributed by atoms with Gasteiger partial charge in [-0.3, -0.25) is 4.79 Å². The van der Waals surface area contributed by atoms with Crippen LogP contribution in [0.25, 0.3) is 0 Å². The van der Waals surface area contributed by atoms with Crippen molar-refractivity contribution >= 4 is 5.78 Å². The molecular weight excluding hydrogens is 300 g/mol. The zero-order valence-corrected chi connectivity index (χ0v) is 13.1. The lowest BCUT2D eigenvalue weighted by molar-refractivity contribution is 0.0994. The maximum Gasteiger partial charge on any atom is 0.170 e. The van der Waals surface area contributed by atoms with Crippen LogP contribution in [0.4, 0.5) is 0 Å². The first-order valence-corrected chi connectivity index (χ1v) is 7.95. The summed E-state index contributed by atoms with van der Waals surface area (Å²) < 4.78 is 12.0. The number of hydrogen-bond donors (Lipinski definition) is 0. The zero-order chi connectivity index (χ0) is 16.4. The molecule has 3 aromatic carbocycles. The van der Waals surface area contributed by atoms with Gasteiger partial charge in [-0.25, -0.2) is 0 Å². The van der Waals surface area contributed by atoms with Crippen molar-refractivity contribution in [1.29, 1.82) is 0 Å². The van der Waals surface area contributed by atoms with E-state index in [0.717, 1.165) is 23.3 Å². The van der Waals surface area contributed by atoms with Crippen molar-refractivity contribution in [3.63, 3.8) is 0 Å². The minimum absolute atomic E-state index is 0.161. The fraction of sp³-hybridized carbons (Fsp3) is 0.0952. The monoisotopic (exact) mass is 316 g/mol. The molecule has 3 heteroatoms. The maximum absolute atomic E-state index is 12.0. The number of fused-ring (bicyclic) bond motifs is 1. The number of benzene rings is 3. The Bertz CT molecular complexity index is 870. The summed E-state index contributed by atoms with van der Waals surface area (Å²) in [6.45, 7) is 0. The first-order valence-electron chi connectivity index (χ1n) is 7.95. The molecule has 0 radical (unpaired) electrons. The van der Waals surface area contributed by atoms with E-state index in [9.17, 15) is 4.79 Å². The zero-order valence-electron chi connectivity index (χ0n) is 13.1. The molecule has 0 saturated heterocycles. The third-order valence-electron chi connectivity index (χ3n) is 4.03. The van der Waals surface area contributed by atoms with Gasteiger partial charge in [-0.2, -0.15) is 0 Å². The number of hydrogen-bond acceptors (Lipinski definition) is 3. The summed E-state index contributed by atoms with van der Waals surface area (Å²) in [5.74, 6) is 2.78. The molecule has 0 heterocycles. The number of para-hydroxylation sites is 2. The SMILES string of the molecule is O=C1CCc2cc(Oc3ccccc3)c(Oc3ccccc3)cc21. The molecule has 24 heavy (non-hydrogen) atoms. The maximum atomic E-state index is 12.0. The molecular formula is C21H16O3. The van der Waals surface area contributed by atoms with Crippen LogP contribution in [-0.4, -0.2) is 5.78 Å². The minimum atomic E-state index is 0.161. The van der Waals surface area contributed by atoms with E-state index in [4.69, 9.17) is 9.47 Å². The molecule has 0 N–H and O–H groups in total. The highest BCUT2D eigenvalue weighted by Gasteiger charge is 2.23. The van der Waals surface area contributed by atoms with E-state index in [2.05, 4.69) is 0 Å². The van der Waals surface area contributed by atoms with Crippen LogP contribution in [0, 0.1) is 0 Å². The van der Waals surface area contributed by atoms with Crippen LogP contribution >= 0.6 is 0 Å². The lowest BCUT2D eigenvalue weighted by Gasteiger charge is -2.14. The van der Waals surface area contributed by atoms with Gasteiger partial charge >= 0.3 is 0 Å². The number of ketones is 1. The Morgan fingerprint density at radius 3 is 1.79 bits per heavy atom. The summed E-state index contributed by atoms with van der Waals surface area (Å²) in [7, 11) is 0. The number of aryl methyl sites for hydroxylation is 1. The van der Waals surface area contributed by atoms with Crippen LogP contribution in [0.5, 0.6) is 23.0 Å². The third-order valence-corrected chi connectivity index (χ3v) is 4.03. The predicted molar refractivity (Wildman–Crippen MR) is 92.1 cm³/mol. The molecule has 1 aliphatic carbocycles. The summed E-state index contributed by atoms with van der Waals surface area (Å²) in [5, 5.41) is 0. The number of ether oxygens (including phenoxy) is 2. The van der Waals surface area contributed by atoms with Gasteiger partial charge in [0.05, 0.1) is 0 Å². The lowest BCUT2D eigenvalue weighted by Crippen LogP contribution is -1.96. The van der Waals surface area contributed by atoms with E-state index in [1.807, 2.05) is 66.7 Å². The van der Waals surface area contributed by atoms with Gasteiger partial charge in [0, 0.05) is 12.0 Å². The van der Waals surface area contributed by atoms with E-state index < -0.39 is 0 Å². The van der Waals surface area contributed by atoms with Crippen molar-refractivity contribution in [2.75, 3.05) is 0 Å². The van der Waals surface area contributed by atoms with Gasteiger partial charge in [-0.1, -0.05) is 36.4 Å². The van der Waals surface area contributed by atoms with E-state index >= 15 is 0 Å². The van der Waals surface area contributed by atoms with Crippen molar-refractivity contribution in [3.8, 4) is 23.0 Å². The van der Waals surface area contributed by atoms with Gasteiger partial charge in [-0.05, 0) is 48.4 Å². The van der Waals surface area contributed by atoms with Crippen LogP contribution in [0.15, 0.2) is 72.8 Å². The van der Waals surface area contributed by atoms with Crippen molar-refractivity contribution in [3.05, 3.63) is 83.9 Å². The van der Waals surface area contributed by atoms with Crippen LogP contribution in [-0.2, 0) is 6.42 Å². The Kier molecular flexibility index (Phi) is 3.75. The molecule has 0 unspecified atom stereocenters. The predicted octanol–water partition coefficient (Wildman–Crippen LogP) is 5.40. The quantitative estimate of drug-likeness (QED) is 0.646. The van der Waals surface area contributed by atoms with Crippen molar-refractivity contribution < 1.29 is 14.3 Å². The van der Waals surface area contributed by atoms with Crippen LogP contribution < -0.4 is 9.47 Å². The number of carbonyl (C=O) groups is 1. The molecule has 0 fully saturated rings. The lowest BCUT2D eigenvalue weighted by atomic mass is 10.1. The topological polar surface area (TPSA) is 35.5 Å². The van der Waals surface area contributed by atoms with Gasteiger partial charge in [0.25, 0.3) is 0 Å². The van der Waals surface area contributed by atoms with Gasteiger partial charge in [0.1, 0.15) is 11.5 Å². The molecule has 0 aliphatic heterocycles. The number of Topliss-reactive ketones (excluding diaryl/α,β-unsaturated/α-hetero) is 1. The second-order valence-corrected chi connectivity index (χ2v) is 5.71. The van der Waals surface area contributed by atoms with Crippen molar-refractivity contribution in [1.82, 2.24) is 0 Å². The highest BCUT2D eigenvalue weighted by atomic mass is 16.5. The van der Waals surface area contributed by atoms with E-state index in [1.165, 1.54) is 0 Å². The highest BCUT2D eigenvalue weighted by molar-refractivity contribution is 6.01. The van der Waals surface area contributed by atoms with Crippen LogP contribution in [0.2, 0.25) is 0 Å². The molecule has 0 spiro atoms. The average Bonchev–Trinajstić information content (AvgIpc) is 2.97. The Hall–Kier alpha value is -3.07. The second kappa shape index (κ2) is 6.20. The summed E-state index contributed by atoms with van der Waals surface area (Å²) in [4.78, 5) is 12.0. The second-order valence-electron chi connectivity index (χ2n) is 5.71. The summed E-state index contributed by atoms with van der Waals surface area (Å²) in [6, 6.07) is 22.8. The molecule has 0 bridgehead atoms. The van der Waals surface area contributed by atoms with E-state index in [1.54, 1.807) is 6.07 Å². The summed E-state index contributed by atoms with van der Waals surface area (Å²) in [5.41, 5.74) is 1.76. The molecule has 0 amide bonds. The molecule has 3 nitrogen and oxygen atoms in total. The Morgan fingerprint density at radius 1 is 0.667 bits per heavy atom. The molecule has 1 aliphatic rings. The number of carbonyl (C=O) groups excluding carboxylic acids is 1. The molecule has 4 rings (SSSR count). The van der Waals surface area contributed by atoms with Gasteiger partial charge in [0.2, 0.25) is 0 Å². The highest BCUT2D eigenvalue weighted by Crippen LogP contribution is 2.39. The molecule has 118 valence electrons. The first-order chi connectivity index (χ1) is 11.8. The fourth-order valence-electron chi connectivity index (χ4n) is 2.84. The molecule has 0 saturated carbocycles. The van der Waals surface area contributed by atoms with Gasteiger partial charge in [-0.15, -0.1) is 0 Å².